The van der Waals surface area contributed by atoms with Crippen LogP contribution in [0.1, 0.15) is 39.5 Å². The molecule has 0 bridgehead atoms. The summed E-state index contributed by atoms with van der Waals surface area (Å²) in [5, 5.41) is 3.44. The van der Waals surface area contributed by atoms with E-state index in [-0.39, 0.29) is 0 Å². The van der Waals surface area contributed by atoms with E-state index in [0.717, 1.165) is 32.5 Å². The summed E-state index contributed by atoms with van der Waals surface area (Å²) in [5.41, 5.74) is 5.96. The van der Waals surface area contributed by atoms with E-state index < -0.39 is 0 Å². The monoisotopic (exact) mass is 214 g/mol. The summed E-state index contributed by atoms with van der Waals surface area (Å²) < 4.78 is 5.55. The lowest BCUT2D eigenvalue weighted by atomic mass is 10.0. The average molecular weight is 214 g/mol. The molecule has 1 rings (SSSR count). The Kier molecular flexibility index (Phi) is 6.22. The molecule has 3 heteroatoms. The molecule has 0 aliphatic carbocycles. The molecule has 1 heterocycles. The van der Waals surface area contributed by atoms with Crippen LogP contribution in [-0.2, 0) is 4.74 Å². The van der Waals surface area contributed by atoms with Gasteiger partial charge in [-0.25, -0.2) is 0 Å². The maximum absolute atomic E-state index is 5.96. The van der Waals surface area contributed by atoms with Crippen molar-refractivity contribution < 1.29 is 4.74 Å². The van der Waals surface area contributed by atoms with Crippen molar-refractivity contribution in [2.75, 3.05) is 19.7 Å². The van der Waals surface area contributed by atoms with Gasteiger partial charge in [-0.15, -0.1) is 0 Å². The third kappa shape index (κ3) is 5.50. The summed E-state index contributed by atoms with van der Waals surface area (Å²) in [7, 11) is 0. The zero-order chi connectivity index (χ0) is 11.1. The van der Waals surface area contributed by atoms with Crippen LogP contribution in [0.5, 0.6) is 0 Å². The topological polar surface area (TPSA) is 47.3 Å². The van der Waals surface area contributed by atoms with E-state index in [2.05, 4.69) is 19.2 Å². The van der Waals surface area contributed by atoms with E-state index in [1.807, 2.05) is 0 Å². The van der Waals surface area contributed by atoms with Crippen molar-refractivity contribution in [3.05, 3.63) is 0 Å². The van der Waals surface area contributed by atoms with Crippen LogP contribution in [0.4, 0.5) is 0 Å². The quantitative estimate of drug-likeness (QED) is 0.632. The molecule has 3 nitrogen and oxygen atoms in total. The van der Waals surface area contributed by atoms with E-state index in [1.54, 1.807) is 0 Å². The minimum atomic E-state index is 0.334. The minimum Gasteiger partial charge on any atom is -0.378 e. The molecule has 0 spiro atoms. The molecule has 1 aliphatic rings. The van der Waals surface area contributed by atoms with Crippen molar-refractivity contribution in [2.24, 2.45) is 11.7 Å². The van der Waals surface area contributed by atoms with Gasteiger partial charge in [-0.2, -0.15) is 0 Å². The van der Waals surface area contributed by atoms with Gasteiger partial charge in [0.1, 0.15) is 0 Å². The minimum absolute atomic E-state index is 0.334. The molecule has 1 fully saturated rings. The lowest BCUT2D eigenvalue weighted by molar-refractivity contribution is 0.104. The maximum Gasteiger partial charge on any atom is 0.0588 e. The first-order chi connectivity index (χ1) is 7.20. The zero-order valence-electron chi connectivity index (χ0n) is 10.2. The largest absolute Gasteiger partial charge is 0.378 e. The maximum atomic E-state index is 5.96. The second kappa shape index (κ2) is 7.20. The van der Waals surface area contributed by atoms with Crippen molar-refractivity contribution in [3.8, 4) is 0 Å². The van der Waals surface area contributed by atoms with E-state index >= 15 is 0 Å². The second-order valence-corrected chi connectivity index (χ2v) is 4.87. The first kappa shape index (κ1) is 12.9. The molecule has 1 aliphatic heterocycles. The van der Waals surface area contributed by atoms with Gasteiger partial charge >= 0.3 is 0 Å². The molecule has 0 aromatic heterocycles. The van der Waals surface area contributed by atoms with E-state index in [9.17, 15) is 0 Å². The summed E-state index contributed by atoms with van der Waals surface area (Å²) >= 11 is 0. The fraction of sp³-hybridized carbons (Fsp3) is 1.00. The Bertz CT molecular complexity index is 152. The fourth-order valence-electron chi connectivity index (χ4n) is 1.86. The predicted octanol–water partition coefficient (Wildman–Crippen LogP) is 1.52. The van der Waals surface area contributed by atoms with Crippen LogP contribution in [-0.4, -0.2) is 31.8 Å². The molecule has 90 valence electrons. The number of ether oxygens (including phenoxy) is 1. The standard InChI is InChI=1S/C12H26N2O/c1-10(2)12(13)6-8-14-7-5-11-4-3-9-15-11/h10-12,14H,3-9,13H2,1-2H3. The number of hydrogen-bond acceptors (Lipinski definition) is 3. The Balaban J connectivity index is 1.88. The molecule has 0 amide bonds. The van der Waals surface area contributed by atoms with Gasteiger partial charge < -0.3 is 15.8 Å². The Morgan fingerprint density at radius 2 is 2.20 bits per heavy atom. The van der Waals surface area contributed by atoms with E-state index in [4.69, 9.17) is 10.5 Å². The van der Waals surface area contributed by atoms with Gasteiger partial charge in [-0.05, 0) is 44.7 Å². The highest BCUT2D eigenvalue weighted by molar-refractivity contribution is 4.68. The van der Waals surface area contributed by atoms with Crippen molar-refractivity contribution in [2.45, 2.75) is 51.7 Å². The molecule has 2 atom stereocenters. The molecule has 0 radical (unpaired) electrons. The van der Waals surface area contributed by atoms with Gasteiger partial charge in [0.15, 0.2) is 0 Å². The van der Waals surface area contributed by atoms with E-state index in [0.29, 0.717) is 18.1 Å². The highest BCUT2D eigenvalue weighted by Gasteiger charge is 2.14. The first-order valence-corrected chi connectivity index (χ1v) is 6.28. The lowest BCUT2D eigenvalue weighted by Crippen LogP contribution is -2.31. The fourth-order valence-corrected chi connectivity index (χ4v) is 1.86. The molecular formula is C12H26N2O. The van der Waals surface area contributed by atoms with Crippen molar-refractivity contribution in [1.29, 1.82) is 0 Å². The Morgan fingerprint density at radius 3 is 2.80 bits per heavy atom. The second-order valence-electron chi connectivity index (χ2n) is 4.87. The number of nitrogens with two attached hydrogens (primary N) is 1. The van der Waals surface area contributed by atoms with Crippen LogP contribution >= 0.6 is 0 Å². The predicted molar refractivity (Wildman–Crippen MR) is 63.9 cm³/mol. The summed E-state index contributed by atoms with van der Waals surface area (Å²) in [4.78, 5) is 0. The highest BCUT2D eigenvalue weighted by atomic mass is 16.5. The Morgan fingerprint density at radius 1 is 1.40 bits per heavy atom. The highest BCUT2D eigenvalue weighted by Crippen LogP contribution is 2.14. The molecule has 0 aromatic carbocycles. The van der Waals surface area contributed by atoms with Crippen LogP contribution in [0.25, 0.3) is 0 Å². The van der Waals surface area contributed by atoms with Crippen LogP contribution in [0, 0.1) is 5.92 Å². The number of nitrogens with one attached hydrogen (secondary N) is 1. The summed E-state index contributed by atoms with van der Waals surface area (Å²) in [6.07, 6.45) is 5.21. The molecular weight excluding hydrogens is 188 g/mol. The molecule has 0 aromatic rings. The number of rotatable bonds is 7. The van der Waals surface area contributed by atoms with E-state index in [1.165, 1.54) is 12.8 Å². The summed E-state index contributed by atoms with van der Waals surface area (Å²) in [5.74, 6) is 0.588. The van der Waals surface area contributed by atoms with Gasteiger partial charge in [-0.3, -0.25) is 0 Å². The SMILES string of the molecule is CC(C)C(N)CCNCCC1CCCO1. The van der Waals surface area contributed by atoms with Crippen molar-refractivity contribution in [1.82, 2.24) is 5.32 Å². The lowest BCUT2D eigenvalue weighted by Gasteiger charge is -2.16. The van der Waals surface area contributed by atoms with Crippen LogP contribution in [0.3, 0.4) is 0 Å². The van der Waals surface area contributed by atoms with Gasteiger partial charge in [0, 0.05) is 12.6 Å². The molecule has 2 unspecified atom stereocenters. The van der Waals surface area contributed by atoms with Crippen LogP contribution in [0.15, 0.2) is 0 Å². The summed E-state index contributed by atoms with van der Waals surface area (Å²) in [6, 6.07) is 0.334. The van der Waals surface area contributed by atoms with Gasteiger partial charge in [-0.1, -0.05) is 13.8 Å². The van der Waals surface area contributed by atoms with Gasteiger partial charge in [0.05, 0.1) is 6.10 Å². The molecule has 3 N–H and O–H groups in total. The molecule has 1 saturated heterocycles. The van der Waals surface area contributed by atoms with Gasteiger partial charge in [0.2, 0.25) is 0 Å². The van der Waals surface area contributed by atoms with Crippen molar-refractivity contribution in [3.63, 3.8) is 0 Å². The smallest absolute Gasteiger partial charge is 0.0588 e. The third-order valence-corrected chi connectivity index (χ3v) is 3.18. The number of hydrogen-bond donors (Lipinski definition) is 2. The summed E-state index contributed by atoms with van der Waals surface area (Å²) in [6.45, 7) is 7.42. The molecule has 15 heavy (non-hydrogen) atoms. The average Bonchev–Trinajstić information content (AvgIpc) is 2.69. The normalized spacial score (nSPS) is 23.6. The van der Waals surface area contributed by atoms with Crippen LogP contribution in [0.2, 0.25) is 0 Å². The Labute approximate surface area is 93.8 Å². The van der Waals surface area contributed by atoms with Gasteiger partial charge in [0.25, 0.3) is 0 Å². The van der Waals surface area contributed by atoms with Crippen LogP contribution < -0.4 is 11.1 Å². The molecule has 0 saturated carbocycles. The zero-order valence-corrected chi connectivity index (χ0v) is 10.2. The third-order valence-electron chi connectivity index (χ3n) is 3.18. The first-order valence-electron chi connectivity index (χ1n) is 6.28. The van der Waals surface area contributed by atoms with Crippen molar-refractivity contribution >= 4 is 0 Å². The Hall–Kier alpha value is -0.120.